The molecule has 7 heteroatoms. The number of nitrogens with one attached hydrogen (secondary N) is 1. The monoisotopic (exact) mass is 321 g/mol. The van der Waals surface area contributed by atoms with Gasteiger partial charge in [-0.3, -0.25) is 0 Å². The van der Waals surface area contributed by atoms with E-state index in [0.29, 0.717) is 38.6 Å². The van der Waals surface area contributed by atoms with E-state index in [-0.39, 0.29) is 17.9 Å². The number of amides is 2. The molecule has 0 radical (unpaired) electrons. The predicted molar refractivity (Wildman–Crippen MR) is 86.7 cm³/mol. The minimum absolute atomic E-state index is 0.0133. The largest absolute Gasteiger partial charge is 0.353 e. The second-order valence-electron chi connectivity index (χ2n) is 6.37. The third-order valence-corrected chi connectivity index (χ3v) is 4.80. The van der Waals surface area contributed by atoms with Crippen molar-refractivity contribution in [2.75, 3.05) is 37.6 Å². The van der Waals surface area contributed by atoms with Crippen LogP contribution in [0, 0.1) is 11.7 Å². The summed E-state index contributed by atoms with van der Waals surface area (Å²) in [6.07, 6.45) is 4.34. The van der Waals surface area contributed by atoms with Crippen molar-refractivity contribution < 1.29 is 9.18 Å². The third kappa shape index (κ3) is 3.90. The molecule has 3 rings (SSSR count). The average molecular weight is 321 g/mol. The molecule has 1 aromatic rings. The molecular weight excluding hydrogens is 297 g/mol. The lowest BCUT2D eigenvalue weighted by Crippen LogP contribution is -2.53. The molecule has 6 nitrogen and oxygen atoms in total. The average Bonchev–Trinajstić information content (AvgIpc) is 3.03. The SMILES string of the molecule is NCC1CCC(NC(=O)N2CCN(c3ccc(F)cn3)CC2)C1. The van der Waals surface area contributed by atoms with Gasteiger partial charge in [0.2, 0.25) is 0 Å². The summed E-state index contributed by atoms with van der Waals surface area (Å²) in [5.74, 6) is 0.967. The molecule has 1 aliphatic carbocycles. The molecule has 2 atom stereocenters. The minimum Gasteiger partial charge on any atom is -0.353 e. The first-order valence-corrected chi connectivity index (χ1v) is 8.27. The van der Waals surface area contributed by atoms with Crippen LogP contribution in [0.25, 0.3) is 0 Å². The molecule has 2 heterocycles. The number of carbonyl (C=O) groups is 1. The van der Waals surface area contributed by atoms with Crippen LogP contribution < -0.4 is 16.0 Å². The van der Waals surface area contributed by atoms with E-state index in [1.807, 2.05) is 4.90 Å². The van der Waals surface area contributed by atoms with Crippen LogP contribution in [0.3, 0.4) is 0 Å². The number of anilines is 1. The zero-order chi connectivity index (χ0) is 16.2. The van der Waals surface area contributed by atoms with E-state index >= 15 is 0 Å². The molecule has 3 N–H and O–H groups in total. The number of pyridine rings is 1. The maximum absolute atomic E-state index is 12.9. The van der Waals surface area contributed by atoms with Gasteiger partial charge in [-0.2, -0.15) is 0 Å². The summed E-state index contributed by atoms with van der Waals surface area (Å²) < 4.78 is 12.9. The highest BCUT2D eigenvalue weighted by molar-refractivity contribution is 5.75. The number of nitrogens with two attached hydrogens (primary N) is 1. The summed E-state index contributed by atoms with van der Waals surface area (Å²) in [6.45, 7) is 3.43. The highest BCUT2D eigenvalue weighted by atomic mass is 19.1. The van der Waals surface area contributed by atoms with Crippen LogP contribution in [0.2, 0.25) is 0 Å². The van der Waals surface area contributed by atoms with Crippen LogP contribution in [-0.2, 0) is 0 Å². The first-order chi connectivity index (χ1) is 11.2. The fraction of sp³-hybridized carbons (Fsp3) is 0.625. The van der Waals surface area contributed by atoms with Gasteiger partial charge in [-0.1, -0.05) is 0 Å². The van der Waals surface area contributed by atoms with E-state index in [2.05, 4.69) is 15.2 Å². The quantitative estimate of drug-likeness (QED) is 0.877. The maximum Gasteiger partial charge on any atom is 0.317 e. The van der Waals surface area contributed by atoms with Crippen LogP contribution in [0.15, 0.2) is 18.3 Å². The summed E-state index contributed by atoms with van der Waals surface area (Å²) in [4.78, 5) is 20.3. The Kier molecular flexibility index (Phi) is 4.95. The van der Waals surface area contributed by atoms with Crippen molar-refractivity contribution in [2.24, 2.45) is 11.7 Å². The van der Waals surface area contributed by atoms with Gasteiger partial charge in [0.1, 0.15) is 11.6 Å². The fourth-order valence-corrected chi connectivity index (χ4v) is 3.38. The number of piperazine rings is 1. The molecule has 23 heavy (non-hydrogen) atoms. The zero-order valence-corrected chi connectivity index (χ0v) is 13.2. The minimum atomic E-state index is -0.334. The van der Waals surface area contributed by atoms with Crippen LogP contribution in [0.5, 0.6) is 0 Å². The molecule has 1 aromatic heterocycles. The fourth-order valence-electron chi connectivity index (χ4n) is 3.38. The molecule has 126 valence electrons. The van der Waals surface area contributed by atoms with Gasteiger partial charge in [0.15, 0.2) is 0 Å². The van der Waals surface area contributed by atoms with Crippen molar-refractivity contribution in [1.29, 1.82) is 0 Å². The zero-order valence-electron chi connectivity index (χ0n) is 13.2. The molecule has 1 saturated heterocycles. The van der Waals surface area contributed by atoms with Crippen molar-refractivity contribution in [3.05, 3.63) is 24.1 Å². The number of urea groups is 1. The van der Waals surface area contributed by atoms with Crippen molar-refractivity contribution in [2.45, 2.75) is 25.3 Å². The van der Waals surface area contributed by atoms with Gasteiger partial charge >= 0.3 is 6.03 Å². The summed E-state index contributed by atoms with van der Waals surface area (Å²) in [6, 6.07) is 3.36. The van der Waals surface area contributed by atoms with Gasteiger partial charge in [-0.15, -0.1) is 0 Å². The van der Waals surface area contributed by atoms with E-state index in [0.717, 1.165) is 25.1 Å². The molecule has 2 aliphatic rings. The number of hydrogen-bond donors (Lipinski definition) is 2. The Hall–Kier alpha value is -1.89. The first-order valence-electron chi connectivity index (χ1n) is 8.27. The van der Waals surface area contributed by atoms with Crippen LogP contribution in [-0.4, -0.2) is 54.7 Å². The van der Waals surface area contributed by atoms with Crippen LogP contribution in [0.4, 0.5) is 15.0 Å². The van der Waals surface area contributed by atoms with Crippen molar-refractivity contribution in [1.82, 2.24) is 15.2 Å². The van der Waals surface area contributed by atoms with E-state index in [9.17, 15) is 9.18 Å². The number of halogens is 1. The summed E-state index contributed by atoms with van der Waals surface area (Å²) in [7, 11) is 0. The van der Waals surface area contributed by atoms with Crippen molar-refractivity contribution in [3.8, 4) is 0 Å². The Balaban J connectivity index is 1.47. The first kappa shape index (κ1) is 16.0. The lowest BCUT2D eigenvalue weighted by atomic mass is 10.1. The smallest absolute Gasteiger partial charge is 0.317 e. The Labute approximate surface area is 135 Å². The molecule has 0 bridgehead atoms. The highest BCUT2D eigenvalue weighted by Gasteiger charge is 2.28. The molecule has 1 aliphatic heterocycles. The number of hydrogen-bond acceptors (Lipinski definition) is 4. The molecule has 2 amide bonds. The number of carbonyl (C=O) groups excluding carboxylic acids is 1. The molecule has 2 unspecified atom stereocenters. The lowest BCUT2D eigenvalue weighted by molar-refractivity contribution is 0.190. The van der Waals surface area contributed by atoms with Crippen molar-refractivity contribution in [3.63, 3.8) is 0 Å². The van der Waals surface area contributed by atoms with Gasteiger partial charge < -0.3 is 20.9 Å². The second-order valence-corrected chi connectivity index (χ2v) is 6.37. The summed E-state index contributed by atoms with van der Waals surface area (Å²) in [5, 5.41) is 3.12. The van der Waals surface area contributed by atoms with Gasteiger partial charge in [0.05, 0.1) is 6.20 Å². The van der Waals surface area contributed by atoms with Gasteiger partial charge in [0, 0.05) is 32.2 Å². The molecular formula is C16H24FN5O. The number of nitrogens with zero attached hydrogens (tertiary/aromatic N) is 3. The van der Waals surface area contributed by atoms with E-state index < -0.39 is 0 Å². The topological polar surface area (TPSA) is 74.5 Å². The van der Waals surface area contributed by atoms with Gasteiger partial charge in [-0.05, 0) is 43.9 Å². The number of aromatic nitrogens is 1. The highest BCUT2D eigenvalue weighted by Crippen LogP contribution is 2.24. The van der Waals surface area contributed by atoms with E-state index in [1.54, 1.807) is 6.07 Å². The van der Waals surface area contributed by atoms with Gasteiger partial charge in [-0.25, -0.2) is 14.2 Å². The predicted octanol–water partition coefficient (Wildman–Crippen LogP) is 1.18. The Morgan fingerprint density at radius 1 is 1.30 bits per heavy atom. The van der Waals surface area contributed by atoms with E-state index in [4.69, 9.17) is 5.73 Å². The second kappa shape index (κ2) is 7.12. The van der Waals surface area contributed by atoms with E-state index in [1.165, 1.54) is 12.3 Å². The van der Waals surface area contributed by atoms with Gasteiger partial charge in [0.25, 0.3) is 0 Å². The Bertz CT molecular complexity index is 530. The van der Waals surface area contributed by atoms with Crippen LogP contribution in [0.1, 0.15) is 19.3 Å². The third-order valence-electron chi connectivity index (χ3n) is 4.80. The summed E-state index contributed by atoms with van der Waals surface area (Å²) in [5.41, 5.74) is 5.69. The molecule has 0 spiro atoms. The molecule has 2 fully saturated rings. The molecule has 1 saturated carbocycles. The normalized spacial score (nSPS) is 24.8. The lowest BCUT2D eigenvalue weighted by Gasteiger charge is -2.35. The standard InChI is InChI=1S/C16H24FN5O/c17-13-2-4-15(19-11-13)21-5-7-22(8-6-21)16(23)20-14-3-1-12(9-14)10-18/h2,4,11-12,14H,1,3,5-10,18H2,(H,20,23). The molecule has 0 aromatic carbocycles. The maximum atomic E-state index is 12.9. The van der Waals surface area contributed by atoms with Crippen molar-refractivity contribution >= 4 is 11.8 Å². The Morgan fingerprint density at radius 3 is 2.70 bits per heavy atom. The Morgan fingerprint density at radius 2 is 2.09 bits per heavy atom. The number of rotatable bonds is 3. The summed E-state index contributed by atoms with van der Waals surface area (Å²) >= 11 is 0. The van der Waals surface area contributed by atoms with Crippen LogP contribution >= 0.6 is 0 Å².